The number of nitro groups is 1. The van der Waals surface area contributed by atoms with Crippen molar-refractivity contribution in [2.45, 2.75) is 19.9 Å². The molecule has 0 N–H and O–H groups in total. The number of fused-ring (bicyclic) bond motifs is 5. The largest absolute Gasteiger partial charge is 0.490 e. The van der Waals surface area contributed by atoms with E-state index in [9.17, 15) is 10.1 Å². The van der Waals surface area contributed by atoms with Crippen LogP contribution in [0.1, 0.15) is 18.1 Å². The summed E-state index contributed by atoms with van der Waals surface area (Å²) in [7, 11) is 3.50. The van der Waals surface area contributed by atoms with Crippen LogP contribution in [0.3, 0.4) is 0 Å². The quantitative estimate of drug-likeness (QED) is 0.235. The molecule has 0 fully saturated rings. The second kappa shape index (κ2) is 8.33. The highest BCUT2D eigenvalue weighted by atomic mass is 16.6. The van der Waals surface area contributed by atoms with Crippen LogP contribution in [-0.4, -0.2) is 42.1 Å². The van der Waals surface area contributed by atoms with Gasteiger partial charge in [0.1, 0.15) is 0 Å². The number of rotatable bonds is 5. The minimum absolute atomic E-state index is 0.128. The Labute approximate surface area is 191 Å². The van der Waals surface area contributed by atoms with Gasteiger partial charge in [-0.3, -0.25) is 10.1 Å². The average molecular weight is 444 g/mol. The Kier molecular flexibility index (Phi) is 5.34. The van der Waals surface area contributed by atoms with Crippen molar-refractivity contribution >= 4 is 27.4 Å². The van der Waals surface area contributed by atoms with Crippen LogP contribution in [-0.2, 0) is 13.0 Å². The van der Waals surface area contributed by atoms with Gasteiger partial charge in [-0.2, -0.15) is 0 Å². The summed E-state index contributed by atoms with van der Waals surface area (Å²) in [6.45, 7) is 3.88. The zero-order chi connectivity index (χ0) is 23.1. The fraction of sp³-hybridized carbons (Fsp3) is 0.269. The zero-order valence-electron chi connectivity index (χ0n) is 18.9. The second-order valence-corrected chi connectivity index (χ2v) is 8.30. The summed E-state index contributed by atoms with van der Waals surface area (Å²) in [6, 6.07) is 15.8. The van der Waals surface area contributed by atoms with Crippen molar-refractivity contribution in [3.63, 3.8) is 0 Å². The zero-order valence-corrected chi connectivity index (χ0v) is 18.9. The third-order valence-electron chi connectivity index (χ3n) is 6.27. The van der Waals surface area contributed by atoms with Gasteiger partial charge in [-0.1, -0.05) is 30.3 Å². The maximum absolute atomic E-state index is 11.9. The van der Waals surface area contributed by atoms with Crippen LogP contribution >= 0.6 is 0 Å². The van der Waals surface area contributed by atoms with Crippen LogP contribution in [0.2, 0.25) is 0 Å². The molecular formula is C26H25N3O4. The van der Waals surface area contributed by atoms with E-state index in [0.29, 0.717) is 17.9 Å². The molecule has 0 bridgehead atoms. The molecule has 0 spiro atoms. The summed E-state index contributed by atoms with van der Waals surface area (Å²) in [5.74, 6) is 0.478. The lowest BCUT2D eigenvalue weighted by molar-refractivity contribution is -0.385. The van der Waals surface area contributed by atoms with Crippen LogP contribution < -0.4 is 9.47 Å². The van der Waals surface area contributed by atoms with E-state index in [-0.39, 0.29) is 11.4 Å². The van der Waals surface area contributed by atoms with Crippen LogP contribution in [0.4, 0.5) is 5.69 Å². The number of aromatic nitrogens is 1. The lowest BCUT2D eigenvalue weighted by atomic mass is 9.89. The summed E-state index contributed by atoms with van der Waals surface area (Å²) < 4.78 is 11.1. The molecule has 0 unspecified atom stereocenters. The van der Waals surface area contributed by atoms with Gasteiger partial charge >= 0.3 is 5.69 Å². The Morgan fingerprint density at radius 3 is 2.73 bits per heavy atom. The van der Waals surface area contributed by atoms with Gasteiger partial charge in [0, 0.05) is 30.1 Å². The van der Waals surface area contributed by atoms with Crippen LogP contribution in [0.15, 0.2) is 48.5 Å². The molecule has 0 atom stereocenters. The van der Waals surface area contributed by atoms with E-state index in [1.807, 2.05) is 19.1 Å². The molecule has 168 valence electrons. The molecule has 2 heterocycles. The van der Waals surface area contributed by atoms with Gasteiger partial charge in [0.05, 0.1) is 29.9 Å². The maximum Gasteiger partial charge on any atom is 0.315 e. The smallest absolute Gasteiger partial charge is 0.315 e. The van der Waals surface area contributed by atoms with E-state index < -0.39 is 4.92 Å². The van der Waals surface area contributed by atoms with Gasteiger partial charge in [0.2, 0.25) is 5.75 Å². The molecule has 0 radical (unpaired) electrons. The summed E-state index contributed by atoms with van der Waals surface area (Å²) in [5, 5.41) is 15.4. The number of likely N-dealkylation sites (N-methyl/N-ethyl adjacent to an activating group) is 1. The van der Waals surface area contributed by atoms with Gasteiger partial charge in [-0.05, 0) is 54.4 Å². The minimum atomic E-state index is -0.433. The standard InChI is InChI=1S/C26H25N3O4/c1-4-33-23-14-17(13-22(29(30)31)26(23)32-3)25-20-15-28(2)12-11-19(20)24-18-8-6-5-7-16(18)9-10-21(24)27-25/h5-10,13-14H,4,11-12,15H2,1-3H3. The van der Waals surface area contributed by atoms with Crippen molar-refractivity contribution < 1.29 is 14.4 Å². The molecule has 1 aliphatic heterocycles. The molecule has 0 saturated heterocycles. The summed E-state index contributed by atoms with van der Waals surface area (Å²) >= 11 is 0. The van der Waals surface area contributed by atoms with E-state index in [0.717, 1.165) is 36.3 Å². The third kappa shape index (κ3) is 3.54. The highest BCUT2D eigenvalue weighted by Gasteiger charge is 2.27. The predicted octanol–water partition coefficient (Wildman–Crippen LogP) is 5.36. The van der Waals surface area contributed by atoms with Gasteiger partial charge in [0.15, 0.2) is 5.75 Å². The number of benzene rings is 3. The number of pyridine rings is 1. The highest BCUT2D eigenvalue weighted by Crippen LogP contribution is 2.43. The van der Waals surface area contributed by atoms with Crippen LogP contribution in [0, 0.1) is 10.1 Å². The second-order valence-electron chi connectivity index (χ2n) is 8.30. The summed E-state index contributed by atoms with van der Waals surface area (Å²) in [4.78, 5) is 18.7. The molecule has 3 aromatic carbocycles. The Morgan fingerprint density at radius 1 is 1.15 bits per heavy atom. The van der Waals surface area contributed by atoms with Crippen molar-refractivity contribution in [3.05, 3.63) is 69.8 Å². The fourth-order valence-electron chi connectivity index (χ4n) is 4.82. The number of methoxy groups -OCH3 is 1. The van der Waals surface area contributed by atoms with E-state index in [1.54, 1.807) is 12.1 Å². The van der Waals surface area contributed by atoms with Crippen molar-refractivity contribution in [2.75, 3.05) is 27.3 Å². The lowest BCUT2D eigenvalue weighted by Gasteiger charge is -2.28. The van der Waals surface area contributed by atoms with Crippen LogP contribution in [0.5, 0.6) is 11.5 Å². The number of nitro benzene ring substituents is 1. The molecule has 7 nitrogen and oxygen atoms in total. The van der Waals surface area contributed by atoms with Crippen molar-refractivity contribution in [3.8, 4) is 22.8 Å². The molecule has 5 rings (SSSR count). The molecule has 1 aliphatic rings. The molecule has 0 saturated carbocycles. The predicted molar refractivity (Wildman–Crippen MR) is 129 cm³/mol. The first-order valence-corrected chi connectivity index (χ1v) is 11.0. The average Bonchev–Trinajstić information content (AvgIpc) is 2.82. The number of hydrogen-bond donors (Lipinski definition) is 0. The SMILES string of the molecule is CCOc1cc(-c2nc3ccc4ccccc4c3c3c2CN(C)CC3)cc([N+](=O)[O-])c1OC. The van der Waals surface area contributed by atoms with Gasteiger partial charge in [-0.25, -0.2) is 4.98 Å². The Morgan fingerprint density at radius 2 is 1.97 bits per heavy atom. The first-order chi connectivity index (χ1) is 16.0. The highest BCUT2D eigenvalue weighted by molar-refractivity contribution is 6.09. The maximum atomic E-state index is 11.9. The van der Waals surface area contributed by atoms with E-state index >= 15 is 0 Å². The van der Waals surface area contributed by atoms with Crippen molar-refractivity contribution in [1.82, 2.24) is 9.88 Å². The first-order valence-electron chi connectivity index (χ1n) is 11.0. The Balaban J connectivity index is 1.85. The van der Waals surface area contributed by atoms with Crippen LogP contribution in [0.25, 0.3) is 32.9 Å². The lowest BCUT2D eigenvalue weighted by Crippen LogP contribution is -2.27. The monoisotopic (exact) mass is 443 g/mol. The van der Waals surface area contributed by atoms with Gasteiger partial charge < -0.3 is 14.4 Å². The van der Waals surface area contributed by atoms with E-state index in [1.165, 1.54) is 28.8 Å². The normalized spacial score (nSPS) is 13.8. The molecule has 4 aromatic rings. The number of nitrogens with zero attached hydrogens (tertiary/aromatic N) is 3. The third-order valence-corrected chi connectivity index (χ3v) is 6.27. The fourth-order valence-corrected chi connectivity index (χ4v) is 4.82. The summed E-state index contributed by atoms with van der Waals surface area (Å²) in [6.07, 6.45) is 0.891. The minimum Gasteiger partial charge on any atom is -0.490 e. The number of ether oxygens (including phenoxy) is 2. The van der Waals surface area contributed by atoms with E-state index in [2.05, 4.69) is 36.2 Å². The summed E-state index contributed by atoms with van der Waals surface area (Å²) in [5.41, 5.74) is 4.55. The number of hydrogen-bond acceptors (Lipinski definition) is 6. The van der Waals surface area contributed by atoms with Gasteiger partial charge in [0.25, 0.3) is 0 Å². The first kappa shape index (κ1) is 21.2. The Hall–Kier alpha value is -3.71. The molecular weight excluding hydrogens is 418 g/mol. The molecule has 0 aliphatic carbocycles. The van der Waals surface area contributed by atoms with Gasteiger partial charge in [-0.15, -0.1) is 0 Å². The van der Waals surface area contributed by atoms with Crippen molar-refractivity contribution in [2.24, 2.45) is 0 Å². The Bertz CT molecular complexity index is 1400. The molecule has 0 amide bonds. The van der Waals surface area contributed by atoms with Crippen molar-refractivity contribution in [1.29, 1.82) is 0 Å². The van der Waals surface area contributed by atoms with E-state index in [4.69, 9.17) is 14.5 Å². The molecule has 33 heavy (non-hydrogen) atoms. The topological polar surface area (TPSA) is 77.7 Å². The molecule has 1 aromatic heterocycles. The molecule has 7 heteroatoms.